The van der Waals surface area contributed by atoms with Crippen LogP contribution in [0.4, 0.5) is 0 Å². The van der Waals surface area contributed by atoms with Crippen LogP contribution in [0.2, 0.25) is 5.04 Å². The van der Waals surface area contributed by atoms with E-state index in [1.165, 1.54) is 10.4 Å². The summed E-state index contributed by atoms with van der Waals surface area (Å²) in [6.45, 7) is 7.84. The van der Waals surface area contributed by atoms with Crippen LogP contribution in [0.3, 0.4) is 0 Å². The summed E-state index contributed by atoms with van der Waals surface area (Å²) >= 11 is 0. The third-order valence-electron chi connectivity index (χ3n) is 5.40. The number of ether oxygens (including phenoxy) is 1. The predicted molar refractivity (Wildman–Crippen MR) is 126 cm³/mol. The third kappa shape index (κ3) is 5.39. The number of aliphatic hydroxyl groups is 1. The minimum atomic E-state index is -2.48. The summed E-state index contributed by atoms with van der Waals surface area (Å²) in [5.41, 5.74) is 0.464. The molecule has 0 saturated carbocycles. The lowest BCUT2D eigenvalue weighted by molar-refractivity contribution is 0.236. The van der Waals surface area contributed by atoms with Gasteiger partial charge < -0.3 is 14.3 Å². The molecular weight excluding hydrogens is 404 g/mol. The van der Waals surface area contributed by atoms with E-state index in [2.05, 4.69) is 91.4 Å². The largest absolute Gasteiger partial charge is 0.476 e. The van der Waals surface area contributed by atoms with E-state index in [9.17, 15) is 5.11 Å². The molecule has 0 atom stereocenters. The molecule has 31 heavy (non-hydrogen) atoms. The van der Waals surface area contributed by atoms with Gasteiger partial charge in [-0.25, -0.2) is 4.98 Å². The fraction of sp³-hybridized carbons (Fsp3) is 0.360. The summed E-state index contributed by atoms with van der Waals surface area (Å²) in [6.07, 6.45) is 4.83. The van der Waals surface area contributed by atoms with E-state index in [1.54, 1.807) is 12.4 Å². The van der Waals surface area contributed by atoms with Crippen molar-refractivity contribution in [3.63, 3.8) is 0 Å². The lowest BCUT2D eigenvalue weighted by Crippen LogP contribution is -2.66. The van der Waals surface area contributed by atoms with Crippen LogP contribution in [0.25, 0.3) is 0 Å². The van der Waals surface area contributed by atoms with Gasteiger partial charge in [0.15, 0.2) is 0 Å². The van der Waals surface area contributed by atoms with Crippen molar-refractivity contribution >= 4 is 18.7 Å². The van der Waals surface area contributed by atoms with Crippen molar-refractivity contribution in [1.29, 1.82) is 0 Å². The van der Waals surface area contributed by atoms with Gasteiger partial charge in [-0.2, -0.15) is 0 Å². The molecule has 164 valence electrons. The Morgan fingerprint density at radius 3 is 1.90 bits per heavy atom. The lowest BCUT2D eigenvalue weighted by Gasteiger charge is -2.43. The maximum atomic E-state index is 9.34. The third-order valence-corrected chi connectivity index (χ3v) is 10.4. The van der Waals surface area contributed by atoms with Crippen LogP contribution in [0.5, 0.6) is 5.88 Å². The Hall–Kier alpha value is -2.54. The fourth-order valence-electron chi connectivity index (χ4n) is 3.94. The first kappa shape index (κ1) is 23.1. The maximum Gasteiger partial charge on any atom is 0.261 e. The Balaban J connectivity index is 1.70. The Morgan fingerprint density at radius 1 is 0.806 bits per heavy atom. The number of benzene rings is 2. The molecule has 1 heterocycles. The molecule has 0 bridgehead atoms. The van der Waals surface area contributed by atoms with Crippen LogP contribution in [0.1, 0.15) is 39.3 Å². The summed E-state index contributed by atoms with van der Waals surface area (Å²) in [6, 6.07) is 21.3. The van der Waals surface area contributed by atoms with Gasteiger partial charge in [-0.15, -0.1) is 0 Å². The average molecular weight is 437 g/mol. The van der Waals surface area contributed by atoms with Crippen molar-refractivity contribution in [1.82, 2.24) is 9.97 Å². The molecule has 0 fully saturated rings. The molecule has 0 aliphatic heterocycles. The smallest absolute Gasteiger partial charge is 0.261 e. The van der Waals surface area contributed by atoms with Crippen LogP contribution < -0.4 is 15.1 Å². The molecule has 3 rings (SSSR count). The molecule has 0 aliphatic rings. The number of hydrogen-bond donors (Lipinski definition) is 1. The van der Waals surface area contributed by atoms with E-state index in [0.717, 1.165) is 12.8 Å². The Labute approximate surface area is 186 Å². The molecule has 1 aromatic heterocycles. The summed E-state index contributed by atoms with van der Waals surface area (Å²) in [7, 11) is -2.48. The van der Waals surface area contributed by atoms with E-state index in [-0.39, 0.29) is 11.6 Å². The van der Waals surface area contributed by atoms with Crippen LogP contribution in [0, 0.1) is 0 Å². The van der Waals surface area contributed by atoms with Gasteiger partial charge >= 0.3 is 0 Å². The molecule has 0 unspecified atom stereocenters. The van der Waals surface area contributed by atoms with Gasteiger partial charge in [0.1, 0.15) is 5.69 Å². The Bertz CT molecular complexity index is 891. The van der Waals surface area contributed by atoms with Gasteiger partial charge in [-0.05, 0) is 28.3 Å². The van der Waals surface area contributed by atoms with Crippen LogP contribution >= 0.6 is 0 Å². The summed E-state index contributed by atoms with van der Waals surface area (Å²) in [4.78, 5) is 8.23. The first-order chi connectivity index (χ1) is 15.0. The van der Waals surface area contributed by atoms with Gasteiger partial charge in [0.2, 0.25) is 5.88 Å². The monoisotopic (exact) mass is 436 g/mol. The van der Waals surface area contributed by atoms with Gasteiger partial charge in [0.25, 0.3) is 8.32 Å². The number of aliphatic hydroxyl groups excluding tert-OH is 1. The van der Waals surface area contributed by atoms with Crippen molar-refractivity contribution in [2.75, 3.05) is 13.2 Å². The Morgan fingerprint density at radius 2 is 1.35 bits per heavy atom. The average Bonchev–Trinajstić information content (AvgIpc) is 2.79. The molecule has 2 aromatic carbocycles. The number of rotatable bonds is 10. The molecule has 0 saturated heterocycles. The Kier molecular flexibility index (Phi) is 7.95. The van der Waals surface area contributed by atoms with Crippen LogP contribution in [-0.4, -0.2) is 36.6 Å². The molecule has 3 aromatic rings. The lowest BCUT2D eigenvalue weighted by atomic mass is 10.2. The van der Waals surface area contributed by atoms with Crippen molar-refractivity contribution < 1.29 is 14.3 Å². The van der Waals surface area contributed by atoms with Gasteiger partial charge in [-0.3, -0.25) is 4.98 Å². The van der Waals surface area contributed by atoms with Gasteiger partial charge in [-0.1, -0.05) is 81.4 Å². The van der Waals surface area contributed by atoms with E-state index in [0.29, 0.717) is 24.8 Å². The van der Waals surface area contributed by atoms with Crippen LogP contribution in [0.15, 0.2) is 73.1 Å². The normalized spacial score (nSPS) is 12.0. The number of nitrogens with zero attached hydrogens (tertiary/aromatic N) is 2. The first-order valence-corrected chi connectivity index (χ1v) is 12.7. The van der Waals surface area contributed by atoms with Crippen molar-refractivity contribution in [2.45, 2.75) is 45.3 Å². The molecule has 1 N–H and O–H groups in total. The van der Waals surface area contributed by atoms with Crippen molar-refractivity contribution in [3.8, 4) is 5.88 Å². The molecule has 5 nitrogen and oxygen atoms in total. The minimum Gasteiger partial charge on any atom is -0.476 e. The van der Waals surface area contributed by atoms with Crippen molar-refractivity contribution in [3.05, 3.63) is 78.8 Å². The molecule has 0 amide bonds. The van der Waals surface area contributed by atoms with Crippen molar-refractivity contribution in [2.24, 2.45) is 0 Å². The molecular formula is C25H32N2O3Si. The molecule has 6 heteroatoms. The highest BCUT2D eigenvalue weighted by molar-refractivity contribution is 6.99. The zero-order valence-electron chi connectivity index (χ0n) is 18.6. The second-order valence-electron chi connectivity index (χ2n) is 8.53. The number of aromatic nitrogens is 2. The fourth-order valence-corrected chi connectivity index (χ4v) is 8.55. The standard InChI is InChI=1S/C25H32N2O3Si/c1-25(2,3)31(21-12-6-4-7-13-21,22-14-8-5-9-15-22)30-19-11-10-18-29-24-23(20-28)26-16-17-27-24/h4-9,12-17,28H,10-11,18-20H2,1-3H3. The first-order valence-electron chi connectivity index (χ1n) is 10.8. The second-order valence-corrected chi connectivity index (χ2v) is 12.8. The summed E-state index contributed by atoms with van der Waals surface area (Å²) in [5.74, 6) is 0.401. The second kappa shape index (κ2) is 10.7. The quantitative estimate of drug-likeness (QED) is 0.388. The molecule has 0 radical (unpaired) electrons. The maximum absolute atomic E-state index is 9.34. The zero-order chi connectivity index (χ0) is 22.2. The minimum absolute atomic E-state index is 0.0259. The van der Waals surface area contributed by atoms with E-state index in [1.807, 2.05) is 0 Å². The summed E-state index contributed by atoms with van der Waals surface area (Å²) < 4.78 is 12.6. The zero-order valence-corrected chi connectivity index (χ0v) is 19.6. The highest BCUT2D eigenvalue weighted by atomic mass is 28.4. The van der Waals surface area contributed by atoms with E-state index in [4.69, 9.17) is 9.16 Å². The highest BCUT2D eigenvalue weighted by Gasteiger charge is 2.49. The number of unbranched alkanes of at least 4 members (excludes halogenated alkanes) is 1. The highest BCUT2D eigenvalue weighted by Crippen LogP contribution is 2.36. The topological polar surface area (TPSA) is 64.5 Å². The van der Waals surface area contributed by atoms with Crippen LogP contribution in [-0.2, 0) is 11.0 Å². The summed E-state index contributed by atoms with van der Waals surface area (Å²) in [5, 5.41) is 11.9. The molecule has 0 aliphatic carbocycles. The predicted octanol–water partition coefficient (Wildman–Crippen LogP) is 3.70. The van der Waals surface area contributed by atoms with E-state index < -0.39 is 8.32 Å². The SMILES string of the molecule is CC(C)(C)[Si](OCCCCOc1nccnc1CO)(c1ccccc1)c1ccccc1. The van der Waals surface area contributed by atoms with Gasteiger partial charge in [0.05, 0.1) is 13.2 Å². The van der Waals surface area contributed by atoms with E-state index >= 15 is 0 Å². The number of hydrogen-bond acceptors (Lipinski definition) is 5. The van der Waals surface area contributed by atoms with Gasteiger partial charge in [0, 0.05) is 19.0 Å². The molecule has 0 spiro atoms.